The Balaban J connectivity index is 2.56. The minimum absolute atomic E-state index is 0.277. The van der Waals surface area contributed by atoms with Crippen molar-refractivity contribution in [2.75, 3.05) is 12.3 Å². The number of hydrogen-bond acceptors (Lipinski definition) is 3. The van der Waals surface area contributed by atoms with Crippen LogP contribution in [0, 0.1) is 0 Å². The van der Waals surface area contributed by atoms with Gasteiger partial charge in [0.05, 0.1) is 12.3 Å². The molecule has 1 aromatic carbocycles. The van der Waals surface area contributed by atoms with Crippen LogP contribution in [0.5, 0.6) is 0 Å². The van der Waals surface area contributed by atoms with Crippen LogP contribution in [0.15, 0.2) is 18.2 Å². The largest absolute Gasteiger partial charge is 0.461 e. The third kappa shape index (κ3) is 1.72. The molecule has 1 heterocycles. The van der Waals surface area contributed by atoms with Gasteiger partial charge in [-0.15, -0.1) is 0 Å². The number of esters is 1. The molecule has 16 heavy (non-hydrogen) atoms. The molecule has 0 aliphatic heterocycles. The summed E-state index contributed by atoms with van der Waals surface area (Å²) in [5, 5.41) is 1.31. The van der Waals surface area contributed by atoms with Gasteiger partial charge in [-0.2, -0.15) is 0 Å². The van der Waals surface area contributed by atoms with Crippen molar-refractivity contribution in [1.82, 2.24) is 4.98 Å². The molecule has 5 heteroatoms. The van der Waals surface area contributed by atoms with Crippen molar-refractivity contribution < 1.29 is 9.53 Å². The van der Waals surface area contributed by atoms with Gasteiger partial charge in [0.25, 0.3) is 0 Å². The number of nitrogens with one attached hydrogen (secondary N) is 1. The van der Waals surface area contributed by atoms with Crippen molar-refractivity contribution in [2.45, 2.75) is 6.92 Å². The van der Waals surface area contributed by atoms with E-state index in [2.05, 4.69) is 4.98 Å². The summed E-state index contributed by atoms with van der Waals surface area (Å²) in [6, 6.07) is 5.22. The van der Waals surface area contributed by atoms with Gasteiger partial charge in [-0.05, 0) is 25.1 Å². The van der Waals surface area contributed by atoms with E-state index in [-0.39, 0.29) is 5.69 Å². The molecule has 0 radical (unpaired) electrons. The number of aromatic amines is 1. The molecule has 4 nitrogen and oxygen atoms in total. The zero-order chi connectivity index (χ0) is 11.7. The predicted octanol–water partition coefficient (Wildman–Crippen LogP) is 2.58. The average molecular weight is 239 g/mol. The van der Waals surface area contributed by atoms with E-state index in [1.807, 2.05) is 0 Å². The molecule has 0 saturated heterocycles. The van der Waals surface area contributed by atoms with Crippen LogP contribution in [-0.2, 0) is 4.74 Å². The van der Waals surface area contributed by atoms with E-state index in [4.69, 9.17) is 22.1 Å². The summed E-state index contributed by atoms with van der Waals surface area (Å²) in [6.07, 6.45) is 0. The number of rotatable bonds is 2. The molecular formula is C11H11ClN2O2. The Bertz CT molecular complexity index is 548. The number of nitrogens with two attached hydrogens (primary N) is 1. The molecule has 0 atom stereocenters. The van der Waals surface area contributed by atoms with Crippen molar-refractivity contribution in [3.05, 3.63) is 28.9 Å². The minimum atomic E-state index is -0.452. The Morgan fingerprint density at radius 3 is 3.00 bits per heavy atom. The Morgan fingerprint density at radius 2 is 2.31 bits per heavy atom. The van der Waals surface area contributed by atoms with Gasteiger partial charge in [-0.1, -0.05) is 11.6 Å². The van der Waals surface area contributed by atoms with Crippen molar-refractivity contribution in [2.24, 2.45) is 0 Å². The van der Waals surface area contributed by atoms with Gasteiger partial charge in [0, 0.05) is 15.9 Å². The van der Waals surface area contributed by atoms with Crippen LogP contribution in [-0.4, -0.2) is 17.6 Å². The molecule has 2 aromatic rings. The molecule has 3 N–H and O–H groups in total. The highest BCUT2D eigenvalue weighted by Crippen LogP contribution is 2.27. The highest BCUT2D eigenvalue weighted by molar-refractivity contribution is 6.31. The maximum Gasteiger partial charge on any atom is 0.356 e. The van der Waals surface area contributed by atoms with E-state index in [1.165, 1.54) is 0 Å². The fraction of sp³-hybridized carbons (Fsp3) is 0.182. The van der Waals surface area contributed by atoms with Gasteiger partial charge < -0.3 is 15.5 Å². The molecule has 0 bridgehead atoms. The second kappa shape index (κ2) is 4.06. The van der Waals surface area contributed by atoms with Crippen LogP contribution in [0.2, 0.25) is 5.02 Å². The number of aromatic nitrogens is 1. The summed E-state index contributed by atoms with van der Waals surface area (Å²) in [5.41, 5.74) is 7.27. The summed E-state index contributed by atoms with van der Waals surface area (Å²) >= 11 is 5.86. The monoisotopic (exact) mass is 238 g/mol. The van der Waals surface area contributed by atoms with E-state index in [0.29, 0.717) is 17.3 Å². The van der Waals surface area contributed by atoms with Crippen molar-refractivity contribution >= 4 is 34.2 Å². The zero-order valence-electron chi connectivity index (χ0n) is 8.71. The third-order valence-corrected chi connectivity index (χ3v) is 2.52. The van der Waals surface area contributed by atoms with Crippen LogP contribution in [0.1, 0.15) is 17.4 Å². The second-order valence-corrected chi connectivity index (χ2v) is 3.76. The maximum atomic E-state index is 11.6. The number of hydrogen-bond donors (Lipinski definition) is 2. The summed E-state index contributed by atoms with van der Waals surface area (Å²) in [7, 11) is 0. The van der Waals surface area contributed by atoms with Crippen LogP contribution in [0.4, 0.5) is 5.69 Å². The van der Waals surface area contributed by atoms with Gasteiger partial charge >= 0.3 is 5.97 Å². The third-order valence-electron chi connectivity index (χ3n) is 2.28. The first-order valence-electron chi connectivity index (χ1n) is 4.87. The smallest absolute Gasteiger partial charge is 0.356 e. The first-order valence-corrected chi connectivity index (χ1v) is 5.25. The Labute approximate surface area is 97.3 Å². The zero-order valence-corrected chi connectivity index (χ0v) is 9.47. The maximum absolute atomic E-state index is 11.6. The lowest BCUT2D eigenvalue weighted by atomic mass is 10.2. The number of anilines is 1. The quantitative estimate of drug-likeness (QED) is 0.791. The molecule has 2 rings (SSSR count). The average Bonchev–Trinajstić information content (AvgIpc) is 2.57. The molecule has 0 aliphatic rings. The fourth-order valence-corrected chi connectivity index (χ4v) is 1.72. The summed E-state index contributed by atoms with van der Waals surface area (Å²) in [6.45, 7) is 2.06. The standard InChI is InChI=1S/C11H11ClN2O2/c1-2-16-11(15)10-9(13)7-5-6(12)3-4-8(7)14-10/h3-5,14H,2,13H2,1H3. The van der Waals surface area contributed by atoms with Crippen molar-refractivity contribution in [3.63, 3.8) is 0 Å². The van der Waals surface area contributed by atoms with Gasteiger partial charge in [0.1, 0.15) is 5.69 Å². The molecule has 0 spiro atoms. The van der Waals surface area contributed by atoms with Crippen LogP contribution in [0.25, 0.3) is 10.9 Å². The highest BCUT2D eigenvalue weighted by atomic mass is 35.5. The van der Waals surface area contributed by atoms with Crippen molar-refractivity contribution in [3.8, 4) is 0 Å². The van der Waals surface area contributed by atoms with E-state index in [0.717, 1.165) is 10.9 Å². The van der Waals surface area contributed by atoms with Crippen LogP contribution < -0.4 is 5.73 Å². The summed E-state index contributed by atoms with van der Waals surface area (Å²) in [4.78, 5) is 14.5. The van der Waals surface area contributed by atoms with E-state index in [1.54, 1.807) is 25.1 Å². The topological polar surface area (TPSA) is 68.1 Å². The SMILES string of the molecule is CCOC(=O)c1[nH]c2ccc(Cl)cc2c1N. The number of carbonyl (C=O) groups is 1. The lowest BCUT2D eigenvalue weighted by Crippen LogP contribution is -2.07. The molecule has 0 amide bonds. The number of H-pyrrole nitrogens is 1. The lowest BCUT2D eigenvalue weighted by molar-refractivity contribution is 0.0522. The Hall–Kier alpha value is -1.68. The molecule has 0 fully saturated rings. The number of halogens is 1. The first kappa shape index (κ1) is 10.8. The first-order chi connectivity index (χ1) is 7.63. The molecule has 0 aliphatic carbocycles. The molecule has 0 unspecified atom stereocenters. The number of ether oxygens (including phenoxy) is 1. The van der Waals surface area contributed by atoms with E-state index < -0.39 is 5.97 Å². The van der Waals surface area contributed by atoms with Crippen LogP contribution in [0.3, 0.4) is 0 Å². The summed E-state index contributed by atoms with van der Waals surface area (Å²) in [5.74, 6) is -0.452. The van der Waals surface area contributed by atoms with Gasteiger partial charge in [-0.3, -0.25) is 0 Å². The van der Waals surface area contributed by atoms with Gasteiger partial charge in [0.15, 0.2) is 0 Å². The molecule has 0 saturated carbocycles. The normalized spacial score (nSPS) is 10.6. The highest BCUT2D eigenvalue weighted by Gasteiger charge is 2.16. The minimum Gasteiger partial charge on any atom is -0.461 e. The van der Waals surface area contributed by atoms with Gasteiger partial charge in [-0.25, -0.2) is 4.79 Å². The number of nitrogen functional groups attached to an aromatic ring is 1. The van der Waals surface area contributed by atoms with Crippen molar-refractivity contribution in [1.29, 1.82) is 0 Å². The van der Waals surface area contributed by atoms with E-state index >= 15 is 0 Å². The fourth-order valence-electron chi connectivity index (χ4n) is 1.55. The molecule has 1 aromatic heterocycles. The predicted molar refractivity (Wildman–Crippen MR) is 63.7 cm³/mol. The van der Waals surface area contributed by atoms with Gasteiger partial charge in [0.2, 0.25) is 0 Å². The van der Waals surface area contributed by atoms with Crippen LogP contribution >= 0.6 is 11.6 Å². The Kier molecular flexibility index (Phi) is 2.75. The Morgan fingerprint density at radius 1 is 1.56 bits per heavy atom. The van der Waals surface area contributed by atoms with E-state index in [9.17, 15) is 4.79 Å². The molecule has 84 valence electrons. The lowest BCUT2D eigenvalue weighted by Gasteiger charge is -1.99. The number of carbonyl (C=O) groups excluding carboxylic acids is 1. The number of benzene rings is 1. The molecular weight excluding hydrogens is 228 g/mol. The number of fused-ring (bicyclic) bond motifs is 1. The second-order valence-electron chi connectivity index (χ2n) is 3.32. The summed E-state index contributed by atoms with van der Waals surface area (Å²) < 4.78 is 4.89.